The van der Waals surface area contributed by atoms with Gasteiger partial charge in [0.25, 0.3) is 0 Å². The number of hydrogen-bond acceptors (Lipinski definition) is 4. The molecule has 2 atom stereocenters. The predicted octanol–water partition coefficient (Wildman–Crippen LogP) is 7.62. The third kappa shape index (κ3) is 8.36. The number of hydrogen-bond donors (Lipinski definition) is 0. The van der Waals surface area contributed by atoms with Crippen molar-refractivity contribution in [2.45, 2.75) is 35.0 Å². The molecule has 0 aromatic heterocycles. The molecule has 4 nitrogen and oxygen atoms in total. The minimum Gasteiger partial charge on any atom is -0.530 e. The largest absolute Gasteiger partial charge is 2.00 e. The summed E-state index contributed by atoms with van der Waals surface area (Å²) in [5.41, 5.74) is 3.17. The molecule has 2 unspecified atom stereocenters. The second kappa shape index (κ2) is 14.5. The Hall–Kier alpha value is -3.30. The van der Waals surface area contributed by atoms with Gasteiger partial charge in [0.05, 0.1) is 11.1 Å². The molecule has 0 radical (unpaired) electrons. The molecule has 2 aliphatic carbocycles. The summed E-state index contributed by atoms with van der Waals surface area (Å²) in [6, 6.07) is 5.94. The van der Waals surface area contributed by atoms with E-state index in [1.165, 1.54) is 21.7 Å². The van der Waals surface area contributed by atoms with Crippen LogP contribution < -0.4 is 0 Å². The van der Waals surface area contributed by atoms with Gasteiger partial charge in [-0.2, -0.15) is 58.5 Å². The van der Waals surface area contributed by atoms with E-state index >= 15 is 0 Å². The second-order valence-electron chi connectivity index (χ2n) is 8.01. The van der Waals surface area contributed by atoms with Gasteiger partial charge >= 0.3 is 29.4 Å². The Morgan fingerprint density at radius 3 is 1.27 bits per heavy atom. The van der Waals surface area contributed by atoms with Crippen molar-refractivity contribution in [3.63, 3.8) is 0 Å². The summed E-state index contributed by atoms with van der Waals surface area (Å²) in [4.78, 5) is 43.5. The first kappa shape index (κ1) is 33.9. The Labute approximate surface area is 245 Å². The van der Waals surface area contributed by atoms with E-state index < -0.39 is 44.4 Å². The van der Waals surface area contributed by atoms with Crippen LogP contribution >= 0.6 is 21.0 Å². The summed E-state index contributed by atoms with van der Waals surface area (Å²) in [6.45, 7) is 0. The average molecular weight is 650 g/mol. The van der Waals surface area contributed by atoms with E-state index in [1.54, 1.807) is 36.5 Å². The molecule has 13 heteroatoms. The number of carbonyl (C=O) groups excluding carboxylic acids is 4. The fourth-order valence-corrected chi connectivity index (χ4v) is 5.43. The van der Waals surface area contributed by atoms with E-state index in [9.17, 15) is 45.5 Å². The van der Waals surface area contributed by atoms with Crippen LogP contribution in [0.25, 0.3) is 11.1 Å². The van der Waals surface area contributed by atoms with Crippen molar-refractivity contribution in [1.82, 2.24) is 0 Å². The molecule has 0 amide bonds. The van der Waals surface area contributed by atoms with E-state index in [-0.39, 0.29) is 38.0 Å². The van der Waals surface area contributed by atoms with Gasteiger partial charge in [-0.25, -0.2) is 9.59 Å². The van der Waals surface area contributed by atoms with Gasteiger partial charge in [-0.1, -0.05) is 36.5 Å². The molecule has 0 bridgehead atoms. The number of halogens is 6. The molecule has 0 saturated heterocycles. The Kier molecular flexibility index (Phi) is 12.0. The molecule has 0 saturated carbocycles. The zero-order chi connectivity index (χ0) is 29.5. The number of allylic oxidation sites excluding steroid dienone is 8. The Balaban J connectivity index is 0.000000280. The summed E-state index contributed by atoms with van der Waals surface area (Å²) in [7, 11) is -3.18. The van der Waals surface area contributed by atoms with Gasteiger partial charge in [0.15, 0.2) is 0 Å². The Bertz CT molecular complexity index is 1460. The quantitative estimate of drug-likeness (QED) is 0.140. The molecule has 0 fully saturated rings. The van der Waals surface area contributed by atoms with Crippen LogP contribution in [-0.4, -0.2) is 21.7 Å². The maximum atomic E-state index is 12.8. The van der Waals surface area contributed by atoms with Crippen LogP contribution in [0.4, 0.5) is 26.3 Å². The molecule has 214 valence electrons. The SMILES string of the molecule is O=C=S([C-]=O)c1ccc(C(F)(F)F)cc1C1=CC=CC1.O=C=S([C-]=O)c1ccc(C(F)(F)F)cc1C1=CC=CC1.[Fe+2]. The van der Waals surface area contributed by atoms with Gasteiger partial charge in [-0.05, 0) is 81.3 Å². The third-order valence-corrected chi connectivity index (χ3v) is 7.88. The van der Waals surface area contributed by atoms with Crippen LogP contribution in [0.3, 0.4) is 0 Å². The van der Waals surface area contributed by atoms with Crippen molar-refractivity contribution in [2.75, 3.05) is 0 Å². The van der Waals surface area contributed by atoms with Crippen molar-refractivity contribution >= 4 is 53.8 Å². The zero-order valence-electron chi connectivity index (χ0n) is 20.4. The molecule has 2 aromatic carbocycles. The Morgan fingerprint density at radius 1 is 0.659 bits per heavy atom. The summed E-state index contributed by atoms with van der Waals surface area (Å²) < 4.78 is 76.6. The maximum absolute atomic E-state index is 12.8. The monoisotopic (exact) mass is 650 g/mol. The number of rotatable bonds is 6. The molecule has 0 aliphatic heterocycles. The van der Waals surface area contributed by atoms with Crippen LogP contribution in [0.5, 0.6) is 0 Å². The standard InChI is InChI=1S/2C14H8F3O2S.Fe/c2*15-14(16,17)11-5-6-13(20(8-18)9-19)12(7-11)10-3-1-2-4-10;/h2*1-3,5-7H,4H2;/q2*-1;+2. The second-order valence-corrected chi connectivity index (χ2v) is 10.8. The van der Waals surface area contributed by atoms with Gasteiger partial charge in [0, 0.05) is 0 Å². The third-order valence-electron chi connectivity index (χ3n) is 5.62. The molecule has 4 rings (SSSR count). The molecular weight excluding hydrogens is 634 g/mol. The van der Waals surface area contributed by atoms with Gasteiger partial charge < -0.3 is 9.59 Å². The van der Waals surface area contributed by atoms with E-state index in [4.69, 9.17) is 0 Å². The van der Waals surface area contributed by atoms with E-state index in [1.807, 2.05) is 0 Å². The summed E-state index contributed by atoms with van der Waals surface area (Å²) in [5.74, 6) is 0. The van der Waals surface area contributed by atoms with Crippen LogP contribution in [0, 0.1) is 0 Å². The normalized spacial score (nSPS) is 15.3. The molecule has 0 spiro atoms. The van der Waals surface area contributed by atoms with Crippen LogP contribution in [0.1, 0.15) is 35.1 Å². The van der Waals surface area contributed by atoms with Crippen molar-refractivity contribution in [3.05, 3.63) is 95.1 Å². The molecule has 2 aliphatic rings. The topological polar surface area (TPSA) is 68.3 Å². The van der Waals surface area contributed by atoms with E-state index in [0.717, 1.165) is 36.4 Å². The number of benzene rings is 2. The first-order valence-corrected chi connectivity index (χ1v) is 13.5. The van der Waals surface area contributed by atoms with Gasteiger partial charge in [-0.3, -0.25) is 0 Å². The zero-order valence-corrected chi connectivity index (χ0v) is 23.2. The molecule has 2 aromatic rings. The maximum Gasteiger partial charge on any atom is 2.00 e. The van der Waals surface area contributed by atoms with Gasteiger partial charge in [0.1, 0.15) is 10.5 Å². The van der Waals surface area contributed by atoms with Crippen molar-refractivity contribution in [3.8, 4) is 0 Å². The fourth-order valence-electron chi connectivity index (χ4n) is 3.78. The molecule has 0 heterocycles. The van der Waals surface area contributed by atoms with Crippen molar-refractivity contribution < 1.29 is 62.6 Å². The first-order valence-electron chi connectivity index (χ1n) is 11.1. The summed E-state index contributed by atoms with van der Waals surface area (Å²) >= 11 is 0. The van der Waals surface area contributed by atoms with Crippen LogP contribution in [-0.2, 0) is 48.6 Å². The van der Waals surface area contributed by atoms with Gasteiger partial charge in [-0.15, -0.1) is 0 Å². The Morgan fingerprint density at radius 2 is 1.02 bits per heavy atom. The first-order chi connectivity index (χ1) is 18.9. The molecular formula is C28H16F6FeO4S2. The fraction of sp³-hybridized carbons (Fsp3) is 0.143. The molecule has 0 N–H and O–H groups in total. The molecule has 41 heavy (non-hydrogen) atoms. The van der Waals surface area contributed by atoms with Crippen molar-refractivity contribution in [2.24, 2.45) is 0 Å². The minimum atomic E-state index is -4.48. The van der Waals surface area contributed by atoms with Crippen LogP contribution in [0.2, 0.25) is 0 Å². The average Bonchev–Trinajstić information content (AvgIpc) is 3.65. The van der Waals surface area contributed by atoms with E-state index in [2.05, 4.69) is 0 Å². The van der Waals surface area contributed by atoms with E-state index in [0.29, 0.717) is 24.0 Å². The minimum absolute atomic E-state index is 0. The smallest absolute Gasteiger partial charge is 0.530 e. The predicted molar refractivity (Wildman–Crippen MR) is 141 cm³/mol. The van der Waals surface area contributed by atoms with Gasteiger partial charge in [0.2, 0.25) is 0 Å². The van der Waals surface area contributed by atoms with Crippen molar-refractivity contribution in [1.29, 1.82) is 0 Å². The summed E-state index contributed by atoms with van der Waals surface area (Å²) in [6.07, 6.45) is 2.29. The summed E-state index contributed by atoms with van der Waals surface area (Å²) in [5, 5.41) is 3.03. The number of alkyl halides is 6. The van der Waals surface area contributed by atoms with Crippen LogP contribution in [0.15, 0.2) is 82.6 Å².